The standard InChI is InChI=1S/C21H30N2O4S/c1-2-18-8-9-19(21(24)22-11-10-17-6-4-3-5-7-17)16-20(18)28(25,26)23-12-14-27-15-13-23/h6,8-9,16H,2-5,7,10-15H2,1H3,(H,22,24). The fraction of sp³-hybridized carbons (Fsp3) is 0.571. The van der Waals surface area contributed by atoms with Crippen LogP contribution >= 0.6 is 0 Å². The number of carbonyl (C=O) groups is 1. The Morgan fingerprint density at radius 2 is 2.00 bits per heavy atom. The Kier molecular flexibility index (Phi) is 7.26. The van der Waals surface area contributed by atoms with Gasteiger partial charge in [0, 0.05) is 25.2 Å². The van der Waals surface area contributed by atoms with Crippen molar-refractivity contribution in [3.8, 4) is 0 Å². The van der Waals surface area contributed by atoms with Gasteiger partial charge in [0.15, 0.2) is 0 Å². The number of hydrogen-bond acceptors (Lipinski definition) is 4. The Morgan fingerprint density at radius 1 is 1.21 bits per heavy atom. The van der Waals surface area contributed by atoms with Gasteiger partial charge in [-0.2, -0.15) is 4.31 Å². The van der Waals surface area contributed by atoms with Crippen molar-refractivity contribution in [2.24, 2.45) is 0 Å². The van der Waals surface area contributed by atoms with Crippen LogP contribution in [-0.4, -0.2) is 51.5 Å². The lowest BCUT2D eigenvalue weighted by Gasteiger charge is -2.27. The summed E-state index contributed by atoms with van der Waals surface area (Å²) in [5.74, 6) is -0.225. The maximum absolute atomic E-state index is 13.1. The molecule has 0 bridgehead atoms. The number of allylic oxidation sites excluding steroid dienone is 1. The number of hydrogen-bond donors (Lipinski definition) is 1. The number of sulfonamides is 1. The van der Waals surface area contributed by atoms with Gasteiger partial charge in [0.25, 0.3) is 5.91 Å². The number of morpholine rings is 1. The highest BCUT2D eigenvalue weighted by Crippen LogP contribution is 2.24. The molecule has 0 radical (unpaired) electrons. The van der Waals surface area contributed by atoms with Crippen LogP contribution in [0.1, 0.15) is 54.9 Å². The molecule has 0 saturated carbocycles. The van der Waals surface area contributed by atoms with Crippen molar-refractivity contribution in [1.82, 2.24) is 9.62 Å². The normalized spacial score (nSPS) is 18.5. The Labute approximate surface area is 168 Å². The van der Waals surface area contributed by atoms with Gasteiger partial charge >= 0.3 is 0 Å². The topological polar surface area (TPSA) is 75.7 Å². The molecule has 0 spiro atoms. The van der Waals surface area contributed by atoms with Crippen molar-refractivity contribution in [1.29, 1.82) is 0 Å². The van der Waals surface area contributed by atoms with E-state index in [0.717, 1.165) is 24.8 Å². The number of amides is 1. The minimum Gasteiger partial charge on any atom is -0.379 e. The molecule has 0 atom stereocenters. The number of aryl methyl sites for hydroxylation is 1. The Morgan fingerprint density at radius 3 is 2.68 bits per heavy atom. The van der Waals surface area contributed by atoms with Crippen molar-refractivity contribution >= 4 is 15.9 Å². The minimum atomic E-state index is -3.63. The summed E-state index contributed by atoms with van der Waals surface area (Å²) in [6.45, 7) is 3.98. The molecule has 154 valence electrons. The fourth-order valence-corrected chi connectivity index (χ4v) is 5.45. The molecule has 0 aromatic heterocycles. The van der Waals surface area contributed by atoms with Crippen molar-refractivity contribution < 1.29 is 17.9 Å². The van der Waals surface area contributed by atoms with Crippen molar-refractivity contribution in [3.05, 3.63) is 41.0 Å². The molecule has 1 N–H and O–H groups in total. The molecule has 6 nitrogen and oxygen atoms in total. The number of nitrogens with zero attached hydrogens (tertiary/aromatic N) is 1. The predicted octanol–water partition coefficient (Wildman–Crippen LogP) is 2.89. The van der Waals surface area contributed by atoms with E-state index < -0.39 is 10.0 Å². The summed E-state index contributed by atoms with van der Waals surface area (Å²) in [7, 11) is -3.63. The highest BCUT2D eigenvalue weighted by atomic mass is 32.2. The van der Waals surface area contributed by atoms with E-state index in [4.69, 9.17) is 4.74 Å². The second kappa shape index (κ2) is 9.67. The molecule has 1 heterocycles. The van der Waals surface area contributed by atoms with Crippen LogP contribution in [0, 0.1) is 0 Å². The molecule has 1 aromatic rings. The molecule has 1 aromatic carbocycles. The van der Waals surface area contributed by atoms with E-state index in [1.807, 2.05) is 6.92 Å². The van der Waals surface area contributed by atoms with Gasteiger partial charge in [0.2, 0.25) is 10.0 Å². The lowest BCUT2D eigenvalue weighted by Crippen LogP contribution is -2.41. The first kappa shape index (κ1) is 21.0. The molecule has 2 aliphatic rings. The monoisotopic (exact) mass is 406 g/mol. The van der Waals surface area contributed by atoms with Gasteiger partial charge in [-0.15, -0.1) is 0 Å². The van der Waals surface area contributed by atoms with Crippen LogP contribution < -0.4 is 5.32 Å². The maximum Gasteiger partial charge on any atom is 0.251 e. The van der Waals surface area contributed by atoms with Crippen LogP contribution in [0.25, 0.3) is 0 Å². The largest absolute Gasteiger partial charge is 0.379 e. The van der Waals surface area contributed by atoms with Gasteiger partial charge in [-0.05, 0) is 56.2 Å². The van der Waals surface area contributed by atoms with Gasteiger partial charge < -0.3 is 10.1 Å². The molecule has 1 fully saturated rings. The van der Waals surface area contributed by atoms with Crippen molar-refractivity contribution in [2.75, 3.05) is 32.8 Å². The predicted molar refractivity (Wildman–Crippen MR) is 109 cm³/mol. The first-order valence-corrected chi connectivity index (χ1v) is 11.6. The third kappa shape index (κ3) is 5.01. The van der Waals surface area contributed by atoms with E-state index in [1.54, 1.807) is 12.1 Å². The molecular weight excluding hydrogens is 376 g/mol. The van der Waals surface area contributed by atoms with E-state index >= 15 is 0 Å². The average Bonchev–Trinajstić information content (AvgIpc) is 2.74. The Balaban J connectivity index is 1.72. The van der Waals surface area contributed by atoms with Crippen LogP contribution in [-0.2, 0) is 21.2 Å². The zero-order valence-electron chi connectivity index (χ0n) is 16.6. The van der Waals surface area contributed by atoms with Crippen LogP contribution in [0.3, 0.4) is 0 Å². The quantitative estimate of drug-likeness (QED) is 0.707. The third-order valence-corrected chi connectivity index (χ3v) is 7.40. The van der Waals surface area contributed by atoms with E-state index in [2.05, 4.69) is 11.4 Å². The molecule has 1 saturated heterocycles. The third-order valence-electron chi connectivity index (χ3n) is 5.41. The summed E-state index contributed by atoms with van der Waals surface area (Å²) < 4.78 is 32.9. The lowest BCUT2D eigenvalue weighted by molar-refractivity contribution is 0.0730. The molecule has 0 unspecified atom stereocenters. The Bertz CT molecular complexity index is 827. The molecule has 3 rings (SSSR count). The fourth-order valence-electron chi connectivity index (χ4n) is 3.72. The van der Waals surface area contributed by atoms with E-state index in [9.17, 15) is 13.2 Å². The summed E-state index contributed by atoms with van der Waals surface area (Å²) in [6, 6.07) is 5.00. The van der Waals surface area contributed by atoms with Crippen LogP contribution in [0.4, 0.5) is 0 Å². The zero-order chi connectivity index (χ0) is 20.0. The molecule has 7 heteroatoms. The lowest BCUT2D eigenvalue weighted by atomic mass is 9.97. The van der Waals surface area contributed by atoms with Gasteiger partial charge in [-0.25, -0.2) is 8.42 Å². The average molecular weight is 407 g/mol. The second-order valence-corrected chi connectivity index (χ2v) is 9.21. The highest BCUT2D eigenvalue weighted by molar-refractivity contribution is 7.89. The minimum absolute atomic E-state index is 0.225. The number of nitrogens with one attached hydrogen (secondary N) is 1. The van der Waals surface area contributed by atoms with E-state index in [0.29, 0.717) is 44.8 Å². The number of carbonyl (C=O) groups excluding carboxylic acids is 1. The summed E-state index contributed by atoms with van der Waals surface area (Å²) in [6.07, 6.45) is 8.44. The van der Waals surface area contributed by atoms with E-state index in [-0.39, 0.29) is 10.8 Å². The smallest absolute Gasteiger partial charge is 0.251 e. The molecule has 1 aliphatic carbocycles. The van der Waals surface area contributed by atoms with Crippen LogP contribution in [0.15, 0.2) is 34.7 Å². The number of ether oxygens (including phenoxy) is 1. The zero-order valence-corrected chi connectivity index (χ0v) is 17.4. The van der Waals surface area contributed by atoms with Crippen molar-refractivity contribution in [3.63, 3.8) is 0 Å². The first-order valence-electron chi connectivity index (χ1n) is 10.2. The summed E-state index contributed by atoms with van der Waals surface area (Å²) >= 11 is 0. The molecular formula is C21H30N2O4S. The first-order chi connectivity index (χ1) is 13.5. The maximum atomic E-state index is 13.1. The molecule has 1 aliphatic heterocycles. The van der Waals surface area contributed by atoms with Gasteiger partial charge in [-0.1, -0.05) is 24.6 Å². The van der Waals surface area contributed by atoms with E-state index in [1.165, 1.54) is 28.8 Å². The van der Waals surface area contributed by atoms with Gasteiger partial charge in [0.05, 0.1) is 18.1 Å². The highest BCUT2D eigenvalue weighted by Gasteiger charge is 2.29. The number of rotatable bonds is 7. The van der Waals surface area contributed by atoms with Crippen molar-refractivity contribution in [2.45, 2.75) is 50.3 Å². The Hall–Kier alpha value is -1.70. The summed E-state index contributed by atoms with van der Waals surface area (Å²) in [4.78, 5) is 12.8. The van der Waals surface area contributed by atoms with Crippen LogP contribution in [0.5, 0.6) is 0 Å². The summed E-state index contributed by atoms with van der Waals surface area (Å²) in [5, 5.41) is 2.93. The van der Waals surface area contributed by atoms with Gasteiger partial charge in [0.1, 0.15) is 0 Å². The SMILES string of the molecule is CCc1ccc(C(=O)NCCC2=CCCCC2)cc1S(=O)(=O)N1CCOCC1. The van der Waals surface area contributed by atoms with Crippen LogP contribution in [0.2, 0.25) is 0 Å². The number of benzene rings is 1. The summed E-state index contributed by atoms with van der Waals surface area (Å²) in [5.41, 5.74) is 2.53. The second-order valence-electron chi connectivity index (χ2n) is 7.31. The molecule has 28 heavy (non-hydrogen) atoms. The van der Waals surface area contributed by atoms with Gasteiger partial charge in [-0.3, -0.25) is 4.79 Å². The molecule has 1 amide bonds.